The van der Waals surface area contributed by atoms with Gasteiger partial charge < -0.3 is 15.5 Å². The minimum atomic E-state index is -0.0853. The van der Waals surface area contributed by atoms with Gasteiger partial charge in [-0.2, -0.15) is 0 Å². The molecule has 1 aromatic heterocycles. The lowest BCUT2D eigenvalue weighted by Crippen LogP contribution is -2.48. The fourth-order valence-corrected chi connectivity index (χ4v) is 4.87. The molecule has 2 aliphatic heterocycles. The minimum absolute atomic E-state index is 0.0110. The normalized spacial score (nSPS) is 20.4. The van der Waals surface area contributed by atoms with E-state index in [0.29, 0.717) is 43.5 Å². The van der Waals surface area contributed by atoms with Gasteiger partial charge in [-0.05, 0) is 43.7 Å². The first-order valence-electron chi connectivity index (χ1n) is 11.0. The number of anilines is 1. The van der Waals surface area contributed by atoms with Crippen molar-refractivity contribution in [2.75, 3.05) is 38.0 Å². The van der Waals surface area contributed by atoms with Crippen molar-refractivity contribution in [3.05, 3.63) is 41.4 Å². The number of carbonyl (C=O) groups is 2. The van der Waals surface area contributed by atoms with E-state index in [4.69, 9.17) is 0 Å². The molecule has 2 fully saturated rings. The van der Waals surface area contributed by atoms with Crippen LogP contribution in [0.15, 0.2) is 35.8 Å². The summed E-state index contributed by atoms with van der Waals surface area (Å²) in [5.74, 6) is 0.368. The summed E-state index contributed by atoms with van der Waals surface area (Å²) in [5.41, 5.74) is 2.93. The van der Waals surface area contributed by atoms with E-state index >= 15 is 0 Å². The van der Waals surface area contributed by atoms with Gasteiger partial charge in [-0.15, -0.1) is 10.2 Å². The van der Waals surface area contributed by atoms with Crippen molar-refractivity contribution in [2.24, 2.45) is 11.8 Å². The largest absolute Gasteiger partial charge is 0.338 e. The van der Waals surface area contributed by atoms with Crippen LogP contribution in [0.2, 0.25) is 0 Å². The maximum atomic E-state index is 12.6. The third-order valence-electron chi connectivity index (χ3n) is 6.14. The second kappa shape index (κ2) is 10.7. The highest BCUT2D eigenvalue weighted by atomic mass is 32.1. The van der Waals surface area contributed by atoms with Crippen LogP contribution in [0.1, 0.15) is 31.2 Å². The van der Waals surface area contributed by atoms with E-state index in [9.17, 15) is 9.59 Å². The second-order valence-corrected chi connectivity index (χ2v) is 9.24. The highest BCUT2D eigenvalue weighted by Gasteiger charge is 2.28. The quantitative estimate of drug-likeness (QED) is 0.718. The Morgan fingerprint density at radius 3 is 2.65 bits per heavy atom. The molecule has 2 aliphatic rings. The molecule has 1 aromatic carbocycles. The Hall–Kier alpha value is -2.52. The first kappa shape index (κ1) is 21.7. The third kappa shape index (κ3) is 6.24. The molecular formula is C22H30N6O2S. The van der Waals surface area contributed by atoms with Crippen LogP contribution in [0.5, 0.6) is 0 Å². The van der Waals surface area contributed by atoms with Crippen LogP contribution < -0.4 is 10.6 Å². The molecule has 0 aliphatic carbocycles. The van der Waals surface area contributed by atoms with Crippen molar-refractivity contribution >= 4 is 28.4 Å². The lowest BCUT2D eigenvalue weighted by Gasteiger charge is -2.34. The van der Waals surface area contributed by atoms with E-state index < -0.39 is 0 Å². The number of hydrogen-bond acceptors (Lipinski definition) is 6. The zero-order valence-corrected chi connectivity index (χ0v) is 18.5. The van der Waals surface area contributed by atoms with E-state index in [2.05, 4.69) is 50.0 Å². The van der Waals surface area contributed by atoms with Crippen LogP contribution in [0.25, 0.3) is 0 Å². The lowest BCUT2D eigenvalue weighted by atomic mass is 9.96. The molecule has 166 valence electrons. The van der Waals surface area contributed by atoms with Crippen LogP contribution in [0.4, 0.5) is 9.93 Å². The van der Waals surface area contributed by atoms with Gasteiger partial charge in [-0.3, -0.25) is 9.69 Å². The van der Waals surface area contributed by atoms with E-state index in [0.717, 1.165) is 26.1 Å². The molecule has 9 heteroatoms. The second-order valence-electron chi connectivity index (χ2n) is 8.41. The van der Waals surface area contributed by atoms with Gasteiger partial charge in [0.1, 0.15) is 5.51 Å². The van der Waals surface area contributed by atoms with Crippen LogP contribution in [-0.2, 0) is 11.3 Å². The zero-order valence-electron chi connectivity index (χ0n) is 17.7. The Balaban J connectivity index is 1.17. The summed E-state index contributed by atoms with van der Waals surface area (Å²) in [6, 6.07) is 10.5. The standard InChI is InChI=1S/C22H30N6O2S/c29-20(25-21-26-24-16-31-21)19-8-11-28(12-9-19)22(30)23-13-18-7-4-10-27(15-18)14-17-5-2-1-3-6-17/h1-3,5-6,16,18-19H,4,7-15H2,(H,23,30)(H,25,26,29). The van der Waals surface area contributed by atoms with Crippen molar-refractivity contribution in [3.8, 4) is 0 Å². The van der Waals surface area contributed by atoms with Crippen LogP contribution in [-0.4, -0.2) is 64.7 Å². The molecular weight excluding hydrogens is 412 g/mol. The number of amides is 3. The van der Waals surface area contributed by atoms with Gasteiger partial charge in [-0.1, -0.05) is 41.7 Å². The smallest absolute Gasteiger partial charge is 0.317 e. The highest BCUT2D eigenvalue weighted by Crippen LogP contribution is 2.21. The van der Waals surface area contributed by atoms with Gasteiger partial charge >= 0.3 is 6.03 Å². The minimum Gasteiger partial charge on any atom is -0.338 e. The summed E-state index contributed by atoms with van der Waals surface area (Å²) < 4.78 is 0. The van der Waals surface area contributed by atoms with Crippen LogP contribution in [0.3, 0.4) is 0 Å². The Morgan fingerprint density at radius 1 is 1.10 bits per heavy atom. The Bertz CT molecular complexity index is 839. The number of carbonyl (C=O) groups excluding carboxylic acids is 2. The molecule has 1 atom stereocenters. The number of nitrogens with zero attached hydrogens (tertiary/aromatic N) is 4. The monoisotopic (exact) mass is 442 g/mol. The molecule has 4 rings (SSSR count). The Morgan fingerprint density at radius 2 is 1.90 bits per heavy atom. The van der Waals surface area contributed by atoms with E-state index in [-0.39, 0.29) is 17.9 Å². The first-order valence-corrected chi connectivity index (χ1v) is 11.9. The third-order valence-corrected chi connectivity index (χ3v) is 6.74. The van der Waals surface area contributed by atoms with Gasteiger partial charge in [0.25, 0.3) is 0 Å². The molecule has 2 aromatic rings. The van der Waals surface area contributed by atoms with Crippen molar-refractivity contribution in [3.63, 3.8) is 0 Å². The SMILES string of the molecule is O=C(Nc1nncs1)C1CCN(C(=O)NCC2CCCN(Cc3ccccc3)C2)CC1. The summed E-state index contributed by atoms with van der Waals surface area (Å²) in [5, 5.41) is 14.0. The Kier molecular flexibility index (Phi) is 7.48. The summed E-state index contributed by atoms with van der Waals surface area (Å²) in [7, 11) is 0. The van der Waals surface area contributed by atoms with Gasteiger partial charge in [-0.25, -0.2) is 4.79 Å². The zero-order chi connectivity index (χ0) is 21.5. The van der Waals surface area contributed by atoms with Crippen LogP contribution >= 0.6 is 11.3 Å². The predicted octanol–water partition coefficient (Wildman–Crippen LogP) is 2.81. The average molecular weight is 443 g/mol. The first-order chi connectivity index (χ1) is 15.2. The van der Waals surface area contributed by atoms with Crippen LogP contribution in [0, 0.1) is 11.8 Å². The van der Waals surface area contributed by atoms with Crippen molar-refractivity contribution in [1.82, 2.24) is 25.3 Å². The van der Waals surface area contributed by atoms with E-state index in [1.165, 1.54) is 23.3 Å². The molecule has 0 bridgehead atoms. The molecule has 0 saturated carbocycles. The highest BCUT2D eigenvalue weighted by molar-refractivity contribution is 7.13. The Labute approximate surface area is 187 Å². The topological polar surface area (TPSA) is 90.5 Å². The van der Waals surface area contributed by atoms with Gasteiger partial charge in [0.05, 0.1) is 0 Å². The van der Waals surface area contributed by atoms with E-state index in [1.54, 1.807) is 5.51 Å². The molecule has 3 heterocycles. The van der Waals surface area contributed by atoms with Crippen molar-refractivity contribution in [1.29, 1.82) is 0 Å². The fraction of sp³-hybridized carbons (Fsp3) is 0.545. The number of likely N-dealkylation sites (tertiary alicyclic amines) is 2. The van der Waals surface area contributed by atoms with Gasteiger partial charge in [0.15, 0.2) is 0 Å². The van der Waals surface area contributed by atoms with Crippen molar-refractivity contribution in [2.45, 2.75) is 32.2 Å². The summed E-state index contributed by atoms with van der Waals surface area (Å²) in [4.78, 5) is 29.3. The molecule has 1 unspecified atom stereocenters. The summed E-state index contributed by atoms with van der Waals surface area (Å²) in [6.07, 6.45) is 3.67. The molecule has 3 amide bonds. The molecule has 0 spiro atoms. The van der Waals surface area contributed by atoms with Gasteiger partial charge in [0.2, 0.25) is 11.0 Å². The average Bonchev–Trinajstić information content (AvgIpc) is 3.31. The number of urea groups is 1. The predicted molar refractivity (Wildman–Crippen MR) is 121 cm³/mol. The molecule has 2 N–H and O–H groups in total. The number of aromatic nitrogens is 2. The molecule has 8 nitrogen and oxygen atoms in total. The van der Waals surface area contributed by atoms with Gasteiger partial charge in [0, 0.05) is 38.6 Å². The summed E-state index contributed by atoms with van der Waals surface area (Å²) >= 11 is 1.31. The maximum Gasteiger partial charge on any atom is 0.317 e. The summed E-state index contributed by atoms with van der Waals surface area (Å²) in [6.45, 7) is 5.02. The molecule has 2 saturated heterocycles. The number of benzene rings is 1. The fourth-order valence-electron chi connectivity index (χ4n) is 4.43. The van der Waals surface area contributed by atoms with Crippen molar-refractivity contribution < 1.29 is 9.59 Å². The number of nitrogens with one attached hydrogen (secondary N) is 2. The maximum absolute atomic E-state index is 12.6. The number of rotatable bonds is 6. The lowest BCUT2D eigenvalue weighted by molar-refractivity contribution is -0.121. The van der Waals surface area contributed by atoms with E-state index in [1.807, 2.05) is 11.0 Å². The number of hydrogen-bond donors (Lipinski definition) is 2. The number of piperidine rings is 2. The molecule has 31 heavy (non-hydrogen) atoms. The molecule has 0 radical (unpaired) electrons.